The Kier molecular flexibility index (Phi) is 5.53. The number of carbonyl (C=O) groups is 1. The van der Waals surface area contributed by atoms with Gasteiger partial charge >= 0.3 is 6.03 Å². The lowest BCUT2D eigenvalue weighted by atomic mass is 10.1. The zero-order valence-corrected chi connectivity index (χ0v) is 13.9. The first-order valence-electron chi connectivity index (χ1n) is 7.48. The predicted molar refractivity (Wildman–Crippen MR) is 93.1 cm³/mol. The Morgan fingerprint density at radius 1 is 1.16 bits per heavy atom. The smallest absolute Gasteiger partial charge is 0.321 e. The highest BCUT2D eigenvalue weighted by Crippen LogP contribution is 2.19. The summed E-state index contributed by atoms with van der Waals surface area (Å²) in [4.78, 5) is 12.2. The molecule has 0 fully saturated rings. The number of benzene rings is 2. The van der Waals surface area contributed by atoms with Gasteiger partial charge in [0.2, 0.25) is 5.13 Å². The quantitative estimate of drug-likeness (QED) is 0.706. The van der Waals surface area contributed by atoms with Gasteiger partial charge in [0.1, 0.15) is 12.1 Å². The van der Waals surface area contributed by atoms with Gasteiger partial charge in [-0.05, 0) is 17.7 Å². The number of urea groups is 1. The normalized spacial score (nSPS) is 11.6. The number of aromatic nitrogens is 2. The van der Waals surface area contributed by atoms with E-state index >= 15 is 0 Å². The molecule has 3 rings (SSSR count). The molecule has 3 aromatic rings. The van der Waals surface area contributed by atoms with E-state index in [0.717, 1.165) is 5.56 Å². The summed E-state index contributed by atoms with van der Waals surface area (Å²) < 4.78 is 19.3. The minimum atomic E-state index is -0.464. The predicted octanol–water partition coefficient (Wildman–Crippen LogP) is 3.62. The average Bonchev–Trinajstić information content (AvgIpc) is 3.13. The van der Waals surface area contributed by atoms with Crippen LogP contribution in [0.5, 0.6) is 5.75 Å². The van der Waals surface area contributed by atoms with E-state index in [1.165, 1.54) is 22.9 Å². The summed E-state index contributed by atoms with van der Waals surface area (Å²) >= 11 is 1.21. The van der Waals surface area contributed by atoms with Crippen molar-refractivity contribution in [2.24, 2.45) is 0 Å². The summed E-state index contributed by atoms with van der Waals surface area (Å²) in [5.74, 6) is -0.317. The molecule has 0 saturated heterocycles. The molecule has 1 heterocycles. The van der Waals surface area contributed by atoms with Crippen LogP contribution in [-0.2, 0) is 0 Å². The maximum absolute atomic E-state index is 13.7. The first kappa shape index (κ1) is 16.8. The van der Waals surface area contributed by atoms with Gasteiger partial charge in [0.05, 0.1) is 6.04 Å². The van der Waals surface area contributed by atoms with Crippen LogP contribution in [0.4, 0.5) is 14.3 Å². The minimum Gasteiger partial charge on any atom is -0.488 e. The summed E-state index contributed by atoms with van der Waals surface area (Å²) in [7, 11) is 0. The van der Waals surface area contributed by atoms with Gasteiger partial charge in [-0.15, -0.1) is 10.2 Å². The second-order valence-electron chi connectivity index (χ2n) is 5.05. The van der Waals surface area contributed by atoms with Gasteiger partial charge in [-0.2, -0.15) is 0 Å². The van der Waals surface area contributed by atoms with Crippen LogP contribution >= 0.6 is 11.3 Å². The van der Waals surface area contributed by atoms with Gasteiger partial charge < -0.3 is 10.1 Å². The minimum absolute atomic E-state index is 0.0779. The standard InChI is InChI=1S/C17H15FN4O2S/c18-13-8-4-5-9-15(13)24-10-14(12-6-2-1-3-7-12)20-16(23)21-17-22-19-11-25-17/h1-9,11,14H,10H2,(H2,20,21,22,23)/t14-/m1/s1. The van der Waals surface area contributed by atoms with Crippen LogP contribution in [0.1, 0.15) is 11.6 Å². The number of ether oxygens (including phenoxy) is 1. The largest absolute Gasteiger partial charge is 0.488 e. The highest BCUT2D eigenvalue weighted by atomic mass is 32.1. The molecule has 0 saturated carbocycles. The lowest BCUT2D eigenvalue weighted by molar-refractivity contribution is 0.231. The first-order chi connectivity index (χ1) is 12.2. The zero-order chi connectivity index (χ0) is 17.5. The Morgan fingerprint density at radius 3 is 2.64 bits per heavy atom. The number of rotatable bonds is 6. The van der Waals surface area contributed by atoms with Crippen molar-refractivity contribution in [2.45, 2.75) is 6.04 Å². The summed E-state index contributed by atoms with van der Waals surface area (Å²) in [5.41, 5.74) is 2.36. The van der Waals surface area contributed by atoms with Crippen molar-refractivity contribution in [3.05, 3.63) is 71.5 Å². The summed E-state index contributed by atoms with van der Waals surface area (Å²) in [6.45, 7) is 0.0779. The Morgan fingerprint density at radius 2 is 1.92 bits per heavy atom. The second-order valence-corrected chi connectivity index (χ2v) is 5.88. The molecule has 6 nitrogen and oxygen atoms in total. The molecule has 25 heavy (non-hydrogen) atoms. The molecule has 0 radical (unpaired) electrons. The average molecular weight is 358 g/mol. The second kappa shape index (κ2) is 8.20. The molecule has 0 aliphatic rings. The maximum atomic E-state index is 13.7. The highest BCUT2D eigenvalue weighted by Gasteiger charge is 2.17. The Labute approximate surface area is 147 Å². The molecule has 2 amide bonds. The van der Waals surface area contributed by atoms with E-state index in [1.807, 2.05) is 30.3 Å². The van der Waals surface area contributed by atoms with Crippen molar-refractivity contribution in [1.29, 1.82) is 0 Å². The molecule has 1 aromatic heterocycles. The number of carbonyl (C=O) groups excluding carboxylic acids is 1. The van der Waals surface area contributed by atoms with Gasteiger partial charge in [-0.25, -0.2) is 9.18 Å². The van der Waals surface area contributed by atoms with Crippen LogP contribution in [0.3, 0.4) is 0 Å². The van der Waals surface area contributed by atoms with E-state index in [4.69, 9.17) is 4.74 Å². The molecule has 8 heteroatoms. The number of nitrogens with one attached hydrogen (secondary N) is 2. The van der Waals surface area contributed by atoms with Crippen LogP contribution in [-0.4, -0.2) is 22.8 Å². The molecule has 2 aromatic carbocycles. The van der Waals surface area contributed by atoms with Gasteiger partial charge in [0.15, 0.2) is 11.6 Å². The summed E-state index contributed by atoms with van der Waals surface area (Å²) in [6.07, 6.45) is 0. The lowest BCUT2D eigenvalue weighted by Crippen LogP contribution is -2.35. The fourth-order valence-corrected chi connectivity index (χ4v) is 2.60. The fraction of sp³-hybridized carbons (Fsp3) is 0.118. The molecule has 0 aliphatic carbocycles. The van der Waals surface area contributed by atoms with Gasteiger partial charge in [-0.3, -0.25) is 5.32 Å². The summed E-state index contributed by atoms with van der Waals surface area (Å²) in [5, 5.41) is 13.2. The lowest BCUT2D eigenvalue weighted by Gasteiger charge is -2.20. The molecule has 2 N–H and O–H groups in total. The van der Waals surface area contributed by atoms with Gasteiger partial charge in [0, 0.05) is 0 Å². The molecular weight excluding hydrogens is 343 g/mol. The van der Waals surface area contributed by atoms with Crippen LogP contribution in [0.25, 0.3) is 0 Å². The van der Waals surface area contributed by atoms with Crippen LogP contribution in [0.2, 0.25) is 0 Å². The zero-order valence-electron chi connectivity index (χ0n) is 13.1. The fourth-order valence-electron chi connectivity index (χ4n) is 2.16. The molecule has 1 atom stereocenters. The van der Waals surface area contributed by atoms with Crippen molar-refractivity contribution >= 4 is 22.5 Å². The molecule has 0 bridgehead atoms. The van der Waals surface area contributed by atoms with Crippen molar-refractivity contribution < 1.29 is 13.9 Å². The number of anilines is 1. The van der Waals surface area contributed by atoms with E-state index < -0.39 is 17.9 Å². The van der Waals surface area contributed by atoms with E-state index in [1.54, 1.807) is 18.2 Å². The van der Waals surface area contributed by atoms with Crippen molar-refractivity contribution in [2.75, 3.05) is 11.9 Å². The van der Waals surface area contributed by atoms with Crippen LogP contribution in [0.15, 0.2) is 60.1 Å². The third-order valence-corrected chi connectivity index (χ3v) is 3.94. The number of para-hydroxylation sites is 1. The van der Waals surface area contributed by atoms with Crippen LogP contribution in [0, 0.1) is 5.82 Å². The van der Waals surface area contributed by atoms with E-state index in [0.29, 0.717) is 5.13 Å². The molecule has 128 valence electrons. The molecule has 0 aliphatic heterocycles. The van der Waals surface area contributed by atoms with E-state index in [9.17, 15) is 9.18 Å². The van der Waals surface area contributed by atoms with Crippen LogP contribution < -0.4 is 15.4 Å². The number of nitrogens with zero attached hydrogens (tertiary/aromatic N) is 2. The number of halogens is 1. The Bertz CT molecular complexity index is 815. The van der Waals surface area contributed by atoms with Crippen molar-refractivity contribution in [1.82, 2.24) is 15.5 Å². The van der Waals surface area contributed by atoms with Crippen molar-refractivity contribution in [3.63, 3.8) is 0 Å². The Hall–Kier alpha value is -3.00. The SMILES string of the molecule is O=C(Nc1nncs1)N[C@H](COc1ccccc1F)c1ccccc1. The topological polar surface area (TPSA) is 76.1 Å². The molecular formula is C17H15FN4O2S. The number of hydrogen-bond donors (Lipinski definition) is 2. The monoisotopic (exact) mass is 358 g/mol. The first-order valence-corrected chi connectivity index (χ1v) is 8.36. The molecule has 0 spiro atoms. The van der Waals surface area contributed by atoms with Gasteiger partial charge in [-0.1, -0.05) is 53.8 Å². The van der Waals surface area contributed by atoms with E-state index in [-0.39, 0.29) is 12.4 Å². The third kappa shape index (κ3) is 4.74. The Balaban J connectivity index is 1.69. The van der Waals surface area contributed by atoms with E-state index in [2.05, 4.69) is 20.8 Å². The third-order valence-electron chi connectivity index (χ3n) is 3.33. The summed E-state index contributed by atoms with van der Waals surface area (Å²) in [6, 6.07) is 14.5. The number of hydrogen-bond acceptors (Lipinski definition) is 5. The maximum Gasteiger partial charge on any atom is 0.321 e. The van der Waals surface area contributed by atoms with Gasteiger partial charge in [0.25, 0.3) is 0 Å². The highest BCUT2D eigenvalue weighted by molar-refractivity contribution is 7.13. The number of amides is 2. The van der Waals surface area contributed by atoms with Crippen molar-refractivity contribution in [3.8, 4) is 5.75 Å². The molecule has 0 unspecified atom stereocenters.